The second-order valence-electron chi connectivity index (χ2n) is 4.83. The summed E-state index contributed by atoms with van der Waals surface area (Å²) in [5.41, 5.74) is 5.00. The van der Waals surface area contributed by atoms with Gasteiger partial charge < -0.3 is 0 Å². The third kappa shape index (κ3) is 1.86. The highest BCUT2D eigenvalue weighted by Gasteiger charge is 2.18. The minimum Gasteiger partial charge on any atom is -0.282 e. The number of rotatable bonds is 1. The summed E-state index contributed by atoms with van der Waals surface area (Å²) in [5.74, 6) is 0. The highest BCUT2D eigenvalue weighted by molar-refractivity contribution is 6.22. The molecule has 4 nitrogen and oxygen atoms in total. The fraction of sp³-hybridized carbons (Fsp3) is 0.125. The van der Waals surface area contributed by atoms with E-state index in [1.165, 1.54) is 0 Å². The number of allylic oxidation sites excluding steroid dienone is 1. The van der Waals surface area contributed by atoms with Crippen molar-refractivity contribution in [2.24, 2.45) is 9.98 Å². The zero-order chi connectivity index (χ0) is 13.4. The first-order valence-electron chi connectivity index (χ1n) is 6.59. The van der Waals surface area contributed by atoms with E-state index in [2.05, 4.69) is 38.2 Å². The molecule has 20 heavy (non-hydrogen) atoms. The van der Waals surface area contributed by atoms with Crippen LogP contribution >= 0.6 is 0 Å². The van der Waals surface area contributed by atoms with Crippen molar-refractivity contribution in [1.82, 2.24) is 9.97 Å². The van der Waals surface area contributed by atoms with Crippen LogP contribution in [-0.4, -0.2) is 27.9 Å². The lowest BCUT2D eigenvalue weighted by Crippen LogP contribution is -2.21. The van der Waals surface area contributed by atoms with Gasteiger partial charge in [-0.05, 0) is 30.2 Å². The molecule has 2 aliphatic heterocycles. The number of hydrogen-bond donors (Lipinski definition) is 0. The normalized spacial score (nSPS) is 20.5. The summed E-state index contributed by atoms with van der Waals surface area (Å²) < 4.78 is 0. The lowest BCUT2D eigenvalue weighted by Gasteiger charge is -2.18. The highest BCUT2D eigenvalue weighted by atomic mass is 14.9. The number of nitrogens with zero attached hydrogens (tertiary/aromatic N) is 4. The molecule has 1 atom stereocenters. The van der Waals surface area contributed by atoms with Gasteiger partial charge in [-0.15, -0.1) is 0 Å². The summed E-state index contributed by atoms with van der Waals surface area (Å²) in [6.45, 7) is 0. The summed E-state index contributed by atoms with van der Waals surface area (Å²) in [6.07, 6.45) is 12.3. The quantitative estimate of drug-likeness (QED) is 0.791. The maximum atomic E-state index is 4.58. The van der Waals surface area contributed by atoms with Crippen molar-refractivity contribution < 1.29 is 0 Å². The topological polar surface area (TPSA) is 50.5 Å². The molecule has 0 spiro atoms. The summed E-state index contributed by atoms with van der Waals surface area (Å²) in [7, 11) is 0. The monoisotopic (exact) mass is 260 g/mol. The molecule has 3 heterocycles. The smallest absolute Gasteiger partial charge is 0.0954 e. The molecule has 96 valence electrons. The molecule has 1 aromatic carbocycles. The molecule has 1 unspecified atom stereocenters. The number of aromatic nitrogens is 2. The lowest BCUT2D eigenvalue weighted by molar-refractivity contribution is 0.867. The Hall–Kier alpha value is -2.62. The molecule has 2 aliphatic rings. The van der Waals surface area contributed by atoms with E-state index in [-0.39, 0.29) is 6.04 Å². The maximum absolute atomic E-state index is 4.58. The van der Waals surface area contributed by atoms with Gasteiger partial charge in [-0.2, -0.15) is 0 Å². The Bertz CT molecular complexity index is 799. The molecule has 0 saturated heterocycles. The third-order valence-electron chi connectivity index (χ3n) is 3.53. The predicted octanol–water partition coefficient (Wildman–Crippen LogP) is 2.82. The van der Waals surface area contributed by atoms with Gasteiger partial charge in [-0.1, -0.05) is 12.1 Å². The molecule has 0 bridgehead atoms. The van der Waals surface area contributed by atoms with Crippen molar-refractivity contribution in [3.63, 3.8) is 0 Å². The number of dihydropyridines is 1. The first-order valence-corrected chi connectivity index (χ1v) is 6.59. The molecule has 4 heteroatoms. The number of fused-ring (bicyclic) bond motifs is 2. The first kappa shape index (κ1) is 11.2. The van der Waals surface area contributed by atoms with Crippen LogP contribution in [0.3, 0.4) is 0 Å². The Kier molecular flexibility index (Phi) is 2.52. The van der Waals surface area contributed by atoms with E-state index in [9.17, 15) is 0 Å². The molecule has 0 aliphatic carbocycles. The van der Waals surface area contributed by atoms with E-state index in [1.807, 2.05) is 24.5 Å². The van der Waals surface area contributed by atoms with Crippen LogP contribution in [0.15, 0.2) is 58.9 Å². The zero-order valence-corrected chi connectivity index (χ0v) is 10.8. The fourth-order valence-electron chi connectivity index (χ4n) is 2.47. The van der Waals surface area contributed by atoms with E-state index in [0.29, 0.717) is 0 Å². The van der Waals surface area contributed by atoms with E-state index in [0.717, 1.165) is 34.3 Å². The molecule has 0 amide bonds. The standard InChI is InChI=1S/C16H12N4/c1-2-13-16(17-5-1)9-12(10-20-13)11-3-4-14-15(8-11)19-7-6-18-14/h1,3-10,13H,2H2. The first-order chi connectivity index (χ1) is 9.90. The molecule has 0 radical (unpaired) electrons. The van der Waals surface area contributed by atoms with Gasteiger partial charge in [-0.25, -0.2) is 0 Å². The molecule has 0 saturated carbocycles. The van der Waals surface area contributed by atoms with Gasteiger partial charge in [-0.3, -0.25) is 20.0 Å². The number of hydrogen-bond acceptors (Lipinski definition) is 4. The van der Waals surface area contributed by atoms with Crippen LogP contribution in [0.25, 0.3) is 16.6 Å². The van der Waals surface area contributed by atoms with Crippen molar-refractivity contribution in [3.8, 4) is 0 Å². The molecule has 1 aromatic heterocycles. The molecule has 0 fully saturated rings. The van der Waals surface area contributed by atoms with Crippen molar-refractivity contribution in [2.75, 3.05) is 0 Å². The summed E-state index contributed by atoms with van der Waals surface area (Å²) in [5, 5.41) is 0. The van der Waals surface area contributed by atoms with Crippen molar-refractivity contribution in [2.45, 2.75) is 12.5 Å². The average Bonchev–Trinajstić information content (AvgIpc) is 2.54. The maximum Gasteiger partial charge on any atom is 0.0954 e. The van der Waals surface area contributed by atoms with Crippen LogP contribution in [-0.2, 0) is 0 Å². The minimum absolute atomic E-state index is 0.184. The second-order valence-corrected chi connectivity index (χ2v) is 4.83. The van der Waals surface area contributed by atoms with Gasteiger partial charge in [0.2, 0.25) is 0 Å². The van der Waals surface area contributed by atoms with Gasteiger partial charge in [0.15, 0.2) is 0 Å². The van der Waals surface area contributed by atoms with Gasteiger partial charge in [0.05, 0.1) is 22.8 Å². The zero-order valence-electron chi connectivity index (χ0n) is 10.8. The van der Waals surface area contributed by atoms with Crippen LogP contribution in [0.4, 0.5) is 0 Å². The summed E-state index contributed by atoms with van der Waals surface area (Å²) in [6, 6.07) is 6.26. The minimum atomic E-state index is 0.184. The van der Waals surface area contributed by atoms with E-state index >= 15 is 0 Å². The van der Waals surface area contributed by atoms with Crippen molar-refractivity contribution in [1.29, 1.82) is 0 Å². The van der Waals surface area contributed by atoms with Crippen LogP contribution in [0.2, 0.25) is 0 Å². The average molecular weight is 260 g/mol. The van der Waals surface area contributed by atoms with Gasteiger partial charge in [0.1, 0.15) is 0 Å². The number of benzene rings is 1. The fourth-order valence-corrected chi connectivity index (χ4v) is 2.47. The lowest BCUT2D eigenvalue weighted by atomic mass is 9.97. The second kappa shape index (κ2) is 4.49. The molecule has 2 aromatic rings. The van der Waals surface area contributed by atoms with Crippen LogP contribution < -0.4 is 0 Å². The Balaban J connectivity index is 1.79. The SMILES string of the molecule is C1=CN=C2C=C(c3ccc4nccnc4c3)C=NC2C1. The van der Waals surface area contributed by atoms with Gasteiger partial charge in [0.25, 0.3) is 0 Å². The molecule has 0 N–H and O–H groups in total. The molecule has 4 rings (SSSR count). The van der Waals surface area contributed by atoms with Gasteiger partial charge in [0, 0.05) is 30.4 Å². The summed E-state index contributed by atoms with van der Waals surface area (Å²) >= 11 is 0. The molecular weight excluding hydrogens is 248 g/mol. The number of aliphatic imine (C=N–C) groups is 2. The van der Waals surface area contributed by atoms with E-state index < -0.39 is 0 Å². The Morgan fingerprint density at radius 3 is 2.90 bits per heavy atom. The van der Waals surface area contributed by atoms with Crippen LogP contribution in [0, 0.1) is 0 Å². The highest BCUT2D eigenvalue weighted by Crippen LogP contribution is 2.23. The Labute approximate surface area is 116 Å². The predicted molar refractivity (Wildman–Crippen MR) is 81.0 cm³/mol. The summed E-state index contributed by atoms with van der Waals surface area (Å²) in [4.78, 5) is 17.6. The van der Waals surface area contributed by atoms with Gasteiger partial charge >= 0.3 is 0 Å². The third-order valence-corrected chi connectivity index (χ3v) is 3.53. The van der Waals surface area contributed by atoms with Crippen LogP contribution in [0.1, 0.15) is 12.0 Å². The molecular formula is C16H12N4. The Morgan fingerprint density at radius 1 is 1.05 bits per heavy atom. The van der Waals surface area contributed by atoms with Crippen molar-refractivity contribution >= 4 is 28.5 Å². The van der Waals surface area contributed by atoms with E-state index in [4.69, 9.17) is 0 Å². The van der Waals surface area contributed by atoms with E-state index in [1.54, 1.807) is 12.4 Å². The largest absolute Gasteiger partial charge is 0.282 e. The Morgan fingerprint density at radius 2 is 1.95 bits per heavy atom. The van der Waals surface area contributed by atoms with Crippen LogP contribution in [0.5, 0.6) is 0 Å². The van der Waals surface area contributed by atoms with Crippen molar-refractivity contribution in [3.05, 3.63) is 54.5 Å².